The van der Waals surface area contributed by atoms with Crippen LogP contribution in [0.3, 0.4) is 0 Å². The second-order valence-electron chi connectivity index (χ2n) is 5.47. The SMILES string of the molecule is Cc1cccc(N2CCN(S(=O)(=O)CCCCO)CC2)c1. The lowest BCUT2D eigenvalue weighted by Crippen LogP contribution is -2.49. The normalized spacial score (nSPS) is 17.1. The molecule has 1 aliphatic heterocycles. The number of rotatable bonds is 6. The smallest absolute Gasteiger partial charge is 0.214 e. The molecule has 1 saturated heterocycles. The molecule has 1 heterocycles. The van der Waals surface area contributed by atoms with Gasteiger partial charge in [-0.15, -0.1) is 0 Å². The van der Waals surface area contributed by atoms with E-state index in [0.29, 0.717) is 25.9 Å². The summed E-state index contributed by atoms with van der Waals surface area (Å²) in [6.45, 7) is 4.64. The maximum Gasteiger partial charge on any atom is 0.214 e. The molecule has 0 bridgehead atoms. The van der Waals surface area contributed by atoms with E-state index in [4.69, 9.17) is 5.11 Å². The minimum absolute atomic E-state index is 0.0522. The Morgan fingerprint density at radius 1 is 1.14 bits per heavy atom. The number of hydrogen-bond acceptors (Lipinski definition) is 4. The van der Waals surface area contributed by atoms with Gasteiger partial charge in [-0.2, -0.15) is 4.31 Å². The Hall–Kier alpha value is -1.11. The van der Waals surface area contributed by atoms with Crippen LogP contribution in [0.4, 0.5) is 5.69 Å². The number of piperazine rings is 1. The number of aliphatic hydroxyl groups is 1. The van der Waals surface area contributed by atoms with Crippen LogP contribution in [0.5, 0.6) is 0 Å². The Balaban J connectivity index is 1.91. The van der Waals surface area contributed by atoms with Gasteiger partial charge in [0.1, 0.15) is 0 Å². The first-order valence-corrected chi connectivity index (χ1v) is 9.04. The van der Waals surface area contributed by atoms with Crippen molar-refractivity contribution in [1.29, 1.82) is 0 Å². The molecule has 0 spiro atoms. The number of aliphatic hydroxyl groups excluding tert-OH is 1. The zero-order valence-electron chi connectivity index (χ0n) is 12.5. The molecule has 1 aliphatic rings. The predicted octanol–water partition coefficient (Wildman–Crippen LogP) is 1.22. The number of unbranched alkanes of at least 4 members (excludes halogenated alkanes) is 1. The summed E-state index contributed by atoms with van der Waals surface area (Å²) in [6, 6.07) is 8.29. The molecule has 1 N–H and O–H groups in total. The van der Waals surface area contributed by atoms with Crippen molar-refractivity contribution < 1.29 is 13.5 Å². The molecule has 0 amide bonds. The molecule has 21 heavy (non-hydrogen) atoms. The van der Waals surface area contributed by atoms with E-state index in [1.165, 1.54) is 5.56 Å². The molecule has 0 atom stereocenters. The van der Waals surface area contributed by atoms with Crippen LogP contribution in [0.25, 0.3) is 0 Å². The van der Waals surface area contributed by atoms with E-state index in [2.05, 4.69) is 30.0 Å². The van der Waals surface area contributed by atoms with E-state index in [9.17, 15) is 8.42 Å². The van der Waals surface area contributed by atoms with Crippen LogP contribution < -0.4 is 4.90 Å². The molecule has 118 valence electrons. The molecular formula is C15H24N2O3S. The van der Waals surface area contributed by atoms with Gasteiger partial charge in [0.15, 0.2) is 0 Å². The monoisotopic (exact) mass is 312 g/mol. The van der Waals surface area contributed by atoms with Gasteiger partial charge in [-0.3, -0.25) is 0 Å². The molecule has 0 radical (unpaired) electrons. The van der Waals surface area contributed by atoms with Gasteiger partial charge in [0, 0.05) is 38.5 Å². The van der Waals surface area contributed by atoms with Crippen molar-refractivity contribution in [3.05, 3.63) is 29.8 Å². The van der Waals surface area contributed by atoms with Crippen molar-refractivity contribution >= 4 is 15.7 Å². The van der Waals surface area contributed by atoms with Gasteiger partial charge in [-0.05, 0) is 37.5 Å². The number of hydrogen-bond donors (Lipinski definition) is 1. The molecule has 1 fully saturated rings. The maximum atomic E-state index is 12.2. The molecule has 6 heteroatoms. The number of sulfonamides is 1. The molecule has 0 saturated carbocycles. The van der Waals surface area contributed by atoms with Crippen molar-refractivity contribution in [1.82, 2.24) is 4.31 Å². The fraction of sp³-hybridized carbons (Fsp3) is 0.600. The van der Waals surface area contributed by atoms with Crippen molar-refractivity contribution in [2.75, 3.05) is 43.4 Å². The third-order valence-electron chi connectivity index (χ3n) is 3.81. The number of nitrogens with zero attached hydrogens (tertiary/aromatic N) is 2. The average molecular weight is 312 g/mol. The van der Waals surface area contributed by atoms with Gasteiger partial charge in [0.05, 0.1) is 5.75 Å². The highest BCUT2D eigenvalue weighted by Gasteiger charge is 2.26. The highest BCUT2D eigenvalue weighted by Crippen LogP contribution is 2.19. The van der Waals surface area contributed by atoms with Crippen LogP contribution in [0, 0.1) is 6.92 Å². The highest BCUT2D eigenvalue weighted by atomic mass is 32.2. The van der Waals surface area contributed by atoms with E-state index in [1.54, 1.807) is 4.31 Å². The summed E-state index contributed by atoms with van der Waals surface area (Å²) in [5.74, 6) is 0.137. The van der Waals surface area contributed by atoms with Crippen molar-refractivity contribution in [3.8, 4) is 0 Å². The summed E-state index contributed by atoms with van der Waals surface area (Å²) in [7, 11) is -3.17. The number of benzene rings is 1. The molecule has 0 aromatic heterocycles. The minimum Gasteiger partial charge on any atom is -0.396 e. The van der Waals surface area contributed by atoms with Gasteiger partial charge in [-0.1, -0.05) is 12.1 Å². The zero-order valence-corrected chi connectivity index (χ0v) is 13.3. The summed E-state index contributed by atoms with van der Waals surface area (Å²) in [4.78, 5) is 2.23. The zero-order chi connectivity index (χ0) is 15.3. The van der Waals surface area contributed by atoms with Gasteiger partial charge in [-0.25, -0.2) is 8.42 Å². The van der Waals surface area contributed by atoms with Gasteiger partial charge in [0.2, 0.25) is 10.0 Å². The molecule has 0 aliphatic carbocycles. The molecule has 1 aromatic carbocycles. The van der Waals surface area contributed by atoms with Crippen molar-refractivity contribution in [2.45, 2.75) is 19.8 Å². The first-order valence-electron chi connectivity index (χ1n) is 7.43. The summed E-state index contributed by atoms with van der Waals surface area (Å²) in [6.07, 6.45) is 1.07. The quantitative estimate of drug-likeness (QED) is 0.802. The van der Waals surface area contributed by atoms with Crippen LogP contribution in [-0.2, 0) is 10.0 Å². The fourth-order valence-electron chi connectivity index (χ4n) is 2.57. The maximum absolute atomic E-state index is 12.2. The third-order valence-corrected chi connectivity index (χ3v) is 5.77. The van der Waals surface area contributed by atoms with Crippen LogP contribution in [-0.4, -0.2) is 56.4 Å². The van der Waals surface area contributed by atoms with E-state index in [0.717, 1.165) is 18.8 Å². The average Bonchev–Trinajstić information content (AvgIpc) is 2.47. The lowest BCUT2D eigenvalue weighted by Gasteiger charge is -2.35. The molecule has 0 unspecified atom stereocenters. The molecular weight excluding hydrogens is 288 g/mol. The van der Waals surface area contributed by atoms with Crippen LogP contribution in [0.2, 0.25) is 0 Å². The lowest BCUT2D eigenvalue weighted by molar-refractivity contribution is 0.286. The number of aryl methyl sites for hydroxylation is 1. The van der Waals surface area contributed by atoms with Crippen LogP contribution in [0.15, 0.2) is 24.3 Å². The summed E-state index contributed by atoms with van der Waals surface area (Å²) < 4.78 is 25.9. The Morgan fingerprint density at radius 3 is 2.48 bits per heavy atom. The first kappa shape index (κ1) is 16.3. The third kappa shape index (κ3) is 4.43. The summed E-state index contributed by atoms with van der Waals surface area (Å²) in [5, 5.41) is 8.74. The Kier molecular flexibility index (Phi) is 5.61. The van der Waals surface area contributed by atoms with Crippen LogP contribution in [0.1, 0.15) is 18.4 Å². The van der Waals surface area contributed by atoms with Crippen LogP contribution >= 0.6 is 0 Å². The predicted molar refractivity (Wildman–Crippen MR) is 85.1 cm³/mol. The summed E-state index contributed by atoms with van der Waals surface area (Å²) >= 11 is 0. The second-order valence-corrected chi connectivity index (χ2v) is 7.56. The standard InChI is InChI=1S/C15H24N2O3S/c1-14-5-4-6-15(13-14)16-7-9-17(10-8-16)21(19,20)12-3-2-11-18/h4-6,13,18H,2-3,7-12H2,1H3. The van der Waals surface area contributed by atoms with Gasteiger partial charge < -0.3 is 10.0 Å². The molecule has 5 nitrogen and oxygen atoms in total. The van der Waals surface area contributed by atoms with Gasteiger partial charge in [0.25, 0.3) is 0 Å². The fourth-order valence-corrected chi connectivity index (χ4v) is 4.12. The Bertz CT molecular complexity index is 552. The van der Waals surface area contributed by atoms with E-state index >= 15 is 0 Å². The highest BCUT2D eigenvalue weighted by molar-refractivity contribution is 7.89. The topological polar surface area (TPSA) is 60.9 Å². The largest absolute Gasteiger partial charge is 0.396 e. The van der Waals surface area contributed by atoms with E-state index in [-0.39, 0.29) is 12.4 Å². The Morgan fingerprint density at radius 2 is 1.86 bits per heavy atom. The lowest BCUT2D eigenvalue weighted by atomic mass is 10.2. The van der Waals surface area contributed by atoms with E-state index < -0.39 is 10.0 Å². The summed E-state index contributed by atoms with van der Waals surface area (Å²) in [5.41, 5.74) is 2.37. The van der Waals surface area contributed by atoms with Crippen molar-refractivity contribution in [3.63, 3.8) is 0 Å². The number of anilines is 1. The minimum atomic E-state index is -3.17. The molecule has 1 aromatic rings. The first-order chi connectivity index (χ1) is 10.0. The van der Waals surface area contributed by atoms with Gasteiger partial charge >= 0.3 is 0 Å². The molecule has 2 rings (SSSR count). The Labute approximate surface area is 127 Å². The second kappa shape index (κ2) is 7.24. The van der Waals surface area contributed by atoms with Crippen molar-refractivity contribution in [2.24, 2.45) is 0 Å². The van der Waals surface area contributed by atoms with E-state index in [1.807, 2.05) is 6.07 Å².